The Morgan fingerprint density at radius 3 is 2.89 bits per heavy atom. The lowest BCUT2D eigenvalue weighted by Gasteiger charge is -1.76. The zero-order chi connectivity index (χ0) is 7.11. The average molecular weight is 141 g/mol. The van der Waals surface area contributed by atoms with E-state index in [2.05, 4.69) is 12.5 Å². The van der Waals surface area contributed by atoms with Gasteiger partial charge in [0.1, 0.15) is 0 Å². The number of hydrogen-bond acceptors (Lipinski definition) is 1. The molecule has 0 saturated carbocycles. The van der Waals surface area contributed by atoms with E-state index in [0.717, 1.165) is 6.42 Å². The molecular formula is C7H10OP+. The summed E-state index contributed by atoms with van der Waals surface area (Å²) in [6.45, 7) is 3.51. The van der Waals surface area contributed by atoms with Gasteiger partial charge in [0.2, 0.25) is 6.16 Å². The maximum atomic E-state index is 10.8. The molecule has 0 aromatic heterocycles. The van der Waals surface area contributed by atoms with Crippen molar-refractivity contribution in [3.8, 4) is 12.3 Å². The van der Waals surface area contributed by atoms with Gasteiger partial charge < -0.3 is 0 Å². The van der Waals surface area contributed by atoms with Crippen molar-refractivity contribution in [1.82, 2.24) is 0 Å². The van der Waals surface area contributed by atoms with Crippen LogP contribution in [-0.4, -0.2) is 12.3 Å². The van der Waals surface area contributed by atoms with Gasteiger partial charge in [-0.25, -0.2) is 0 Å². The maximum absolute atomic E-state index is 10.8. The molecule has 0 aliphatic rings. The fourth-order valence-electron chi connectivity index (χ4n) is 0.416. The molecule has 0 heterocycles. The third-order valence-corrected chi connectivity index (χ3v) is 2.14. The van der Waals surface area contributed by atoms with Gasteiger partial charge in [0.15, 0.2) is 6.16 Å². The van der Waals surface area contributed by atoms with Crippen LogP contribution >= 0.6 is 7.80 Å². The molecule has 0 bridgehead atoms. The molecule has 0 fully saturated rings. The Morgan fingerprint density at radius 2 is 2.44 bits per heavy atom. The van der Waals surface area contributed by atoms with Crippen LogP contribution in [-0.2, 0) is 4.57 Å². The van der Waals surface area contributed by atoms with Gasteiger partial charge in [-0.1, -0.05) is 16.6 Å². The highest BCUT2D eigenvalue weighted by Crippen LogP contribution is 2.19. The van der Waals surface area contributed by atoms with Crippen LogP contribution in [0.15, 0.2) is 12.7 Å². The van der Waals surface area contributed by atoms with Crippen molar-refractivity contribution in [3.05, 3.63) is 12.7 Å². The fourth-order valence-corrected chi connectivity index (χ4v) is 1.25. The first-order valence-corrected chi connectivity index (χ1v) is 4.40. The van der Waals surface area contributed by atoms with Crippen molar-refractivity contribution in [2.75, 3.05) is 12.3 Å². The van der Waals surface area contributed by atoms with Crippen LogP contribution in [0.2, 0.25) is 0 Å². The van der Waals surface area contributed by atoms with Crippen LogP contribution in [0, 0.1) is 12.3 Å². The molecule has 2 heteroatoms. The first-order chi connectivity index (χ1) is 4.31. The van der Waals surface area contributed by atoms with Crippen molar-refractivity contribution < 1.29 is 4.57 Å². The van der Waals surface area contributed by atoms with Crippen LogP contribution in [0.5, 0.6) is 0 Å². The van der Waals surface area contributed by atoms with Gasteiger partial charge in [0.05, 0.1) is 0 Å². The van der Waals surface area contributed by atoms with Gasteiger partial charge in [-0.05, 0) is 0 Å². The minimum Gasteiger partial charge on any atom is -0.116 e. The predicted octanol–water partition coefficient (Wildman–Crippen LogP) is 2.02. The van der Waals surface area contributed by atoms with Gasteiger partial charge in [-0.2, -0.15) is 0 Å². The largest absolute Gasteiger partial charge is 0.351 e. The van der Waals surface area contributed by atoms with Crippen molar-refractivity contribution in [3.63, 3.8) is 0 Å². The second-order valence-electron chi connectivity index (χ2n) is 1.65. The lowest BCUT2D eigenvalue weighted by atomic mass is 10.5. The monoisotopic (exact) mass is 141 g/mol. The quantitative estimate of drug-likeness (QED) is 0.332. The molecule has 0 amide bonds. The topological polar surface area (TPSA) is 17.1 Å². The van der Waals surface area contributed by atoms with E-state index in [1.165, 1.54) is 0 Å². The highest BCUT2D eigenvalue weighted by Gasteiger charge is 2.09. The van der Waals surface area contributed by atoms with Crippen LogP contribution in [0.1, 0.15) is 6.42 Å². The Hall–Kier alpha value is -0.600. The van der Waals surface area contributed by atoms with Gasteiger partial charge >= 0.3 is 7.80 Å². The minimum atomic E-state index is -1.14. The third-order valence-electron chi connectivity index (χ3n) is 0.850. The van der Waals surface area contributed by atoms with E-state index in [1.807, 2.05) is 0 Å². The number of hydrogen-bond donors (Lipinski definition) is 0. The van der Waals surface area contributed by atoms with Crippen LogP contribution in [0.4, 0.5) is 0 Å². The summed E-state index contributed by atoms with van der Waals surface area (Å²) in [5, 5.41) is 0. The molecule has 9 heavy (non-hydrogen) atoms. The molecule has 0 radical (unpaired) electrons. The molecular weight excluding hydrogens is 131 g/mol. The number of terminal acetylenes is 1. The average Bonchev–Trinajstić information content (AvgIpc) is 1.85. The van der Waals surface area contributed by atoms with Crippen molar-refractivity contribution >= 4 is 7.80 Å². The lowest BCUT2D eigenvalue weighted by Crippen LogP contribution is -1.77. The zero-order valence-corrected chi connectivity index (χ0v) is 6.23. The van der Waals surface area contributed by atoms with Gasteiger partial charge in [-0.3, -0.25) is 0 Å². The molecule has 0 aromatic rings. The Morgan fingerprint density at radius 1 is 1.78 bits per heavy atom. The van der Waals surface area contributed by atoms with E-state index in [-0.39, 0.29) is 0 Å². The molecule has 0 spiro atoms. The van der Waals surface area contributed by atoms with E-state index in [1.54, 1.807) is 6.08 Å². The molecule has 0 aromatic carbocycles. The molecule has 0 rings (SSSR count). The first-order valence-electron chi connectivity index (χ1n) is 2.77. The zero-order valence-electron chi connectivity index (χ0n) is 5.34. The normalized spacial score (nSPS) is 9.89. The molecule has 0 aliphatic carbocycles. The summed E-state index contributed by atoms with van der Waals surface area (Å²) in [5.74, 6) is 2.36. The van der Waals surface area contributed by atoms with Gasteiger partial charge in [0.25, 0.3) is 0 Å². The summed E-state index contributed by atoms with van der Waals surface area (Å²) < 4.78 is 10.8. The molecule has 0 aliphatic heterocycles. The van der Waals surface area contributed by atoms with Crippen LogP contribution < -0.4 is 0 Å². The highest BCUT2D eigenvalue weighted by atomic mass is 31.1. The second kappa shape index (κ2) is 5.54. The Kier molecular flexibility index (Phi) is 5.17. The third kappa shape index (κ3) is 5.27. The Balaban J connectivity index is 3.29. The predicted molar refractivity (Wildman–Crippen MR) is 41.0 cm³/mol. The highest BCUT2D eigenvalue weighted by molar-refractivity contribution is 7.44. The van der Waals surface area contributed by atoms with Crippen molar-refractivity contribution in [2.45, 2.75) is 6.42 Å². The molecule has 0 saturated heterocycles. The van der Waals surface area contributed by atoms with E-state index >= 15 is 0 Å². The van der Waals surface area contributed by atoms with Crippen molar-refractivity contribution in [2.24, 2.45) is 0 Å². The second-order valence-corrected chi connectivity index (χ2v) is 3.37. The SMILES string of the molecule is C#CC[P+](=O)CCC=C. The van der Waals surface area contributed by atoms with E-state index < -0.39 is 7.80 Å². The summed E-state index contributed by atoms with van der Waals surface area (Å²) in [6, 6.07) is 0. The molecule has 0 N–H and O–H groups in total. The molecule has 1 unspecified atom stereocenters. The first kappa shape index (κ1) is 8.40. The standard InChI is InChI=1S/C7H10OP/c1-3-5-7-9(8)6-4-2/h2-3H,1,5-7H2/q+1. The summed E-state index contributed by atoms with van der Waals surface area (Å²) >= 11 is 0. The minimum absolute atomic E-state index is 0.406. The van der Waals surface area contributed by atoms with E-state index in [0.29, 0.717) is 12.3 Å². The number of rotatable bonds is 4. The Labute approximate surface area is 56.9 Å². The fraction of sp³-hybridized carbons (Fsp3) is 0.429. The van der Waals surface area contributed by atoms with Gasteiger partial charge in [-0.15, -0.1) is 13.0 Å². The number of allylic oxidation sites excluding steroid dienone is 1. The summed E-state index contributed by atoms with van der Waals surface area (Å²) in [6.07, 6.45) is 8.59. The van der Waals surface area contributed by atoms with E-state index in [4.69, 9.17) is 6.42 Å². The van der Waals surface area contributed by atoms with E-state index in [9.17, 15) is 4.57 Å². The maximum Gasteiger partial charge on any atom is 0.351 e. The smallest absolute Gasteiger partial charge is 0.116 e. The van der Waals surface area contributed by atoms with Crippen LogP contribution in [0.25, 0.3) is 0 Å². The summed E-state index contributed by atoms with van der Waals surface area (Å²) in [7, 11) is -1.14. The van der Waals surface area contributed by atoms with Crippen LogP contribution in [0.3, 0.4) is 0 Å². The summed E-state index contributed by atoms with van der Waals surface area (Å²) in [4.78, 5) is 0. The molecule has 1 atom stereocenters. The van der Waals surface area contributed by atoms with Gasteiger partial charge in [0, 0.05) is 6.42 Å². The Bertz CT molecular complexity index is 143. The molecule has 1 nitrogen and oxygen atoms in total. The lowest BCUT2D eigenvalue weighted by molar-refractivity contribution is 0.589. The molecule has 48 valence electrons. The van der Waals surface area contributed by atoms with Crippen molar-refractivity contribution in [1.29, 1.82) is 0 Å². The summed E-state index contributed by atoms with van der Waals surface area (Å²) in [5.41, 5.74) is 0.